The van der Waals surface area contributed by atoms with Crippen LogP contribution in [0.5, 0.6) is 0 Å². The molecule has 1 aliphatic rings. The van der Waals surface area contributed by atoms with Gasteiger partial charge >= 0.3 is 5.97 Å². The van der Waals surface area contributed by atoms with Gasteiger partial charge in [-0.3, -0.25) is 34.2 Å². The zero-order chi connectivity index (χ0) is 34.5. The summed E-state index contributed by atoms with van der Waals surface area (Å²) in [6, 6.07) is 16.5. The van der Waals surface area contributed by atoms with Crippen molar-refractivity contribution < 1.29 is 38.6 Å². The quantitative estimate of drug-likeness (QED) is 0.0789. The Kier molecular flexibility index (Phi) is 13.8. The second-order valence-electron chi connectivity index (χ2n) is 11.7. The van der Waals surface area contributed by atoms with Crippen LogP contribution in [0.4, 0.5) is 0 Å². The first-order chi connectivity index (χ1) is 22.4. The predicted molar refractivity (Wildman–Crippen MR) is 171 cm³/mol. The first-order valence-corrected chi connectivity index (χ1v) is 15.6. The van der Waals surface area contributed by atoms with Crippen molar-refractivity contribution in [2.75, 3.05) is 13.1 Å². The van der Waals surface area contributed by atoms with Gasteiger partial charge in [0, 0.05) is 6.54 Å². The van der Waals surface area contributed by atoms with E-state index in [0.717, 1.165) is 18.4 Å². The number of carbonyl (C=O) groups is 6. The monoisotopic (exact) mass is 652 g/mol. The number of hydrazine groups is 1. The fourth-order valence-corrected chi connectivity index (χ4v) is 4.68. The molecule has 47 heavy (non-hydrogen) atoms. The summed E-state index contributed by atoms with van der Waals surface area (Å²) in [4.78, 5) is 75.5. The van der Waals surface area contributed by atoms with Crippen LogP contribution in [0, 0.1) is 5.92 Å². The van der Waals surface area contributed by atoms with Crippen LogP contribution in [0.25, 0.3) is 0 Å². The summed E-state index contributed by atoms with van der Waals surface area (Å²) in [5.41, 5.74) is 4.27. The normalized spacial score (nSPS) is 17.0. The van der Waals surface area contributed by atoms with E-state index < -0.39 is 72.4 Å². The van der Waals surface area contributed by atoms with E-state index in [0.29, 0.717) is 11.6 Å². The largest absolute Gasteiger partial charge is 0.480 e. The van der Waals surface area contributed by atoms with Crippen molar-refractivity contribution in [2.24, 2.45) is 5.92 Å². The summed E-state index contributed by atoms with van der Waals surface area (Å²) in [5.74, 6) is -4.97. The summed E-state index contributed by atoms with van der Waals surface area (Å²) < 4.78 is 5.20. The van der Waals surface area contributed by atoms with Crippen molar-refractivity contribution in [3.8, 4) is 0 Å². The smallest absolute Gasteiger partial charge is 0.325 e. The highest BCUT2D eigenvalue weighted by atomic mass is 16.6. The van der Waals surface area contributed by atoms with E-state index in [1.54, 1.807) is 0 Å². The lowest BCUT2D eigenvalue weighted by Gasteiger charge is -2.26. The van der Waals surface area contributed by atoms with E-state index in [2.05, 4.69) is 26.7 Å². The molecule has 0 aromatic heterocycles. The highest BCUT2D eigenvalue weighted by Crippen LogP contribution is 2.24. The molecule has 14 heteroatoms. The fourth-order valence-electron chi connectivity index (χ4n) is 4.68. The summed E-state index contributed by atoms with van der Waals surface area (Å²) in [7, 11) is 0. The Bertz CT molecular complexity index is 1390. The summed E-state index contributed by atoms with van der Waals surface area (Å²) in [6.07, 6.45) is -1.02. The highest BCUT2D eigenvalue weighted by Gasteiger charge is 2.53. The van der Waals surface area contributed by atoms with Crippen LogP contribution in [-0.2, 0) is 46.5 Å². The SMILES string of the molecule is CC(C)[C@H](NCCCc1ccccc1)C(=O)N[C@@H](C)C(=O)NN(CC(=O)O)C(=O)[C@@H]1O[C@H]1C(=O)N[C@@H](C)C(=O)NCc1ccccc1. The van der Waals surface area contributed by atoms with E-state index in [1.807, 2.05) is 74.5 Å². The van der Waals surface area contributed by atoms with Crippen molar-refractivity contribution in [1.82, 2.24) is 31.7 Å². The molecule has 5 amide bonds. The lowest BCUT2D eigenvalue weighted by Crippen LogP contribution is -2.58. The van der Waals surface area contributed by atoms with Gasteiger partial charge in [-0.25, -0.2) is 5.01 Å². The predicted octanol–water partition coefficient (Wildman–Crippen LogP) is 0.271. The lowest BCUT2D eigenvalue weighted by molar-refractivity contribution is -0.151. The Balaban J connectivity index is 1.48. The standard InChI is InChI=1S/C33H44N6O8/c1-20(2)26(34-17-11-16-23-12-7-5-8-13-23)31(44)36-22(4)30(43)38-39(19-25(40)41)33(46)28-27(47-28)32(45)37-21(3)29(42)35-18-24-14-9-6-10-15-24/h5-10,12-15,20-22,26-28,34H,11,16-19H2,1-4H3,(H,35,42)(H,36,44)(H,37,45)(H,38,43)(H,40,41)/t21-,22-,26-,27+,28+/m0/s1. The van der Waals surface area contributed by atoms with Crippen LogP contribution < -0.4 is 26.7 Å². The van der Waals surface area contributed by atoms with Crippen LogP contribution in [0.15, 0.2) is 60.7 Å². The number of hydrogen-bond acceptors (Lipinski definition) is 8. The van der Waals surface area contributed by atoms with Crippen LogP contribution in [-0.4, -0.2) is 89.0 Å². The van der Waals surface area contributed by atoms with Crippen LogP contribution in [0.2, 0.25) is 0 Å². The number of carbonyl (C=O) groups excluding carboxylic acids is 5. The summed E-state index contributed by atoms with van der Waals surface area (Å²) in [6.45, 7) is 6.51. The molecule has 0 radical (unpaired) electrons. The molecule has 1 heterocycles. The second kappa shape index (κ2) is 17.8. The number of nitrogens with one attached hydrogen (secondary N) is 5. The summed E-state index contributed by atoms with van der Waals surface area (Å²) >= 11 is 0. The van der Waals surface area contributed by atoms with Crippen molar-refractivity contribution in [3.63, 3.8) is 0 Å². The minimum Gasteiger partial charge on any atom is -0.480 e. The van der Waals surface area contributed by atoms with Gasteiger partial charge in [-0.15, -0.1) is 0 Å². The molecule has 14 nitrogen and oxygen atoms in total. The Hall–Kier alpha value is -4.82. The second-order valence-corrected chi connectivity index (χ2v) is 11.7. The number of amides is 5. The molecule has 3 rings (SSSR count). The van der Waals surface area contributed by atoms with Crippen molar-refractivity contribution in [1.29, 1.82) is 0 Å². The zero-order valence-corrected chi connectivity index (χ0v) is 27.0. The number of epoxide rings is 1. The third-order valence-corrected chi connectivity index (χ3v) is 7.41. The van der Waals surface area contributed by atoms with Gasteiger partial charge in [0.15, 0.2) is 12.2 Å². The highest BCUT2D eigenvalue weighted by molar-refractivity contribution is 5.98. The molecular formula is C33H44N6O8. The van der Waals surface area contributed by atoms with Gasteiger partial charge in [0.2, 0.25) is 11.8 Å². The molecule has 1 saturated heterocycles. The minimum atomic E-state index is -1.43. The van der Waals surface area contributed by atoms with Gasteiger partial charge in [0.1, 0.15) is 18.6 Å². The number of carboxylic acid groups (broad SMARTS) is 1. The molecular weight excluding hydrogens is 608 g/mol. The maximum atomic E-state index is 13.0. The maximum Gasteiger partial charge on any atom is 0.325 e. The number of hydrogen-bond donors (Lipinski definition) is 6. The molecule has 0 bridgehead atoms. The van der Waals surface area contributed by atoms with E-state index in [4.69, 9.17) is 4.74 Å². The maximum absolute atomic E-state index is 13.0. The van der Waals surface area contributed by atoms with E-state index in [-0.39, 0.29) is 12.5 Å². The number of carboxylic acids is 1. The molecule has 2 aromatic rings. The summed E-state index contributed by atoms with van der Waals surface area (Å²) in [5, 5.41) is 20.9. The first-order valence-electron chi connectivity index (χ1n) is 15.6. The molecule has 0 spiro atoms. The van der Waals surface area contributed by atoms with Gasteiger partial charge in [-0.2, -0.15) is 0 Å². The Morgan fingerprint density at radius 1 is 0.787 bits per heavy atom. The third-order valence-electron chi connectivity index (χ3n) is 7.41. The molecule has 0 unspecified atom stereocenters. The van der Waals surface area contributed by atoms with E-state index in [9.17, 15) is 33.9 Å². The molecule has 1 aliphatic heterocycles. The number of nitrogens with zero attached hydrogens (tertiary/aromatic N) is 1. The van der Waals surface area contributed by atoms with Crippen molar-refractivity contribution in [3.05, 3.63) is 71.8 Å². The van der Waals surface area contributed by atoms with E-state index in [1.165, 1.54) is 19.4 Å². The molecule has 2 aromatic carbocycles. The van der Waals surface area contributed by atoms with Crippen LogP contribution in [0.3, 0.4) is 0 Å². The van der Waals surface area contributed by atoms with Gasteiger partial charge in [-0.1, -0.05) is 74.5 Å². The van der Waals surface area contributed by atoms with Gasteiger partial charge in [0.25, 0.3) is 17.7 Å². The van der Waals surface area contributed by atoms with Gasteiger partial charge < -0.3 is 31.1 Å². The fraction of sp³-hybridized carbons (Fsp3) is 0.455. The van der Waals surface area contributed by atoms with Crippen LogP contribution >= 0.6 is 0 Å². The molecule has 0 aliphatic carbocycles. The molecule has 1 fully saturated rings. The number of ether oxygens (including phenoxy) is 1. The van der Waals surface area contributed by atoms with Gasteiger partial charge in [-0.05, 0) is 50.3 Å². The zero-order valence-electron chi connectivity index (χ0n) is 27.0. The molecule has 0 saturated carbocycles. The average molecular weight is 653 g/mol. The van der Waals surface area contributed by atoms with Crippen molar-refractivity contribution >= 4 is 35.5 Å². The molecule has 5 atom stereocenters. The Morgan fingerprint density at radius 3 is 1.98 bits per heavy atom. The lowest BCUT2D eigenvalue weighted by atomic mass is 10.0. The molecule has 6 N–H and O–H groups in total. The Labute approximate surface area is 274 Å². The number of rotatable bonds is 17. The van der Waals surface area contributed by atoms with Gasteiger partial charge in [0.05, 0.1) is 6.04 Å². The third kappa shape index (κ3) is 11.8. The first kappa shape index (κ1) is 36.6. The Morgan fingerprint density at radius 2 is 1.38 bits per heavy atom. The number of benzene rings is 2. The molecule has 254 valence electrons. The number of aryl methyl sites for hydroxylation is 1. The van der Waals surface area contributed by atoms with Crippen molar-refractivity contribution in [2.45, 2.75) is 77.4 Å². The van der Waals surface area contributed by atoms with Crippen LogP contribution in [0.1, 0.15) is 45.2 Å². The topological polar surface area (TPSA) is 199 Å². The van der Waals surface area contributed by atoms with E-state index >= 15 is 0 Å². The average Bonchev–Trinajstić information content (AvgIpc) is 3.84. The minimum absolute atomic E-state index is 0.0974. The number of aliphatic carboxylic acids is 1.